The molecular formula is C14H11Br2NTe. The SMILES string of the molecule is CCN1c2ccc(Br)cc2[Te]c2cc(Br)ccc21. The standard InChI is InChI=1S/C14H11Br2NTe/c1-2-17-11-5-3-9(15)7-13(11)18-14-8-10(16)4-6-12(14)17/h3-8H,2H2,1H3. The van der Waals surface area contributed by atoms with E-state index in [0.717, 1.165) is 6.54 Å². The molecule has 0 atom stereocenters. The van der Waals surface area contributed by atoms with Crippen LogP contribution < -0.4 is 12.1 Å². The average molecular weight is 481 g/mol. The van der Waals surface area contributed by atoms with Crippen molar-refractivity contribution in [1.29, 1.82) is 0 Å². The maximum atomic E-state index is 3.58. The van der Waals surface area contributed by atoms with E-state index in [4.69, 9.17) is 0 Å². The van der Waals surface area contributed by atoms with Crippen molar-refractivity contribution in [2.24, 2.45) is 0 Å². The van der Waals surface area contributed by atoms with E-state index in [-0.39, 0.29) is 20.9 Å². The number of anilines is 2. The van der Waals surface area contributed by atoms with Crippen LogP contribution in [0.5, 0.6) is 0 Å². The molecule has 0 fully saturated rings. The Bertz CT molecular complexity index is 561. The van der Waals surface area contributed by atoms with E-state index in [0.29, 0.717) is 0 Å². The number of hydrogen-bond donors (Lipinski definition) is 0. The van der Waals surface area contributed by atoms with Gasteiger partial charge in [-0.2, -0.15) is 0 Å². The number of nitrogens with zero attached hydrogens (tertiary/aromatic N) is 1. The molecule has 18 heavy (non-hydrogen) atoms. The van der Waals surface area contributed by atoms with E-state index in [1.165, 1.54) is 27.5 Å². The Morgan fingerprint density at radius 3 is 1.89 bits per heavy atom. The third-order valence-electron chi connectivity index (χ3n) is 2.96. The minimum absolute atomic E-state index is 0.292. The zero-order valence-corrected chi connectivity index (χ0v) is 15.3. The van der Waals surface area contributed by atoms with Gasteiger partial charge in [0.25, 0.3) is 0 Å². The molecule has 0 aliphatic carbocycles. The minimum atomic E-state index is -0.292. The summed E-state index contributed by atoms with van der Waals surface area (Å²) in [5, 5.41) is 0. The van der Waals surface area contributed by atoms with Crippen molar-refractivity contribution in [1.82, 2.24) is 0 Å². The Kier molecular flexibility index (Phi) is 3.73. The summed E-state index contributed by atoms with van der Waals surface area (Å²) in [6.45, 7) is 3.22. The average Bonchev–Trinajstić information content (AvgIpc) is 2.35. The molecule has 0 spiro atoms. The van der Waals surface area contributed by atoms with Crippen LogP contribution in [0.1, 0.15) is 6.92 Å². The van der Waals surface area contributed by atoms with Crippen molar-refractivity contribution in [3.8, 4) is 0 Å². The Morgan fingerprint density at radius 2 is 1.44 bits per heavy atom. The molecule has 4 heteroatoms. The fraction of sp³-hybridized carbons (Fsp3) is 0.143. The van der Waals surface area contributed by atoms with E-state index in [9.17, 15) is 0 Å². The van der Waals surface area contributed by atoms with Crippen molar-refractivity contribution in [2.45, 2.75) is 6.92 Å². The Morgan fingerprint density at radius 1 is 0.944 bits per heavy atom. The number of benzene rings is 2. The molecule has 1 nitrogen and oxygen atoms in total. The molecule has 2 aromatic rings. The summed E-state index contributed by atoms with van der Waals surface area (Å²) >= 11 is 6.87. The van der Waals surface area contributed by atoms with E-state index in [1.807, 2.05) is 0 Å². The van der Waals surface area contributed by atoms with Crippen molar-refractivity contribution < 1.29 is 0 Å². The van der Waals surface area contributed by atoms with Gasteiger partial charge in [0.1, 0.15) is 0 Å². The van der Waals surface area contributed by atoms with Gasteiger partial charge < -0.3 is 0 Å². The predicted octanol–water partition coefficient (Wildman–Crippen LogP) is 3.34. The van der Waals surface area contributed by atoms with Crippen molar-refractivity contribution in [3.63, 3.8) is 0 Å². The molecule has 3 rings (SSSR count). The summed E-state index contributed by atoms with van der Waals surface area (Å²) in [5.41, 5.74) is 2.77. The van der Waals surface area contributed by atoms with Gasteiger partial charge in [-0.25, -0.2) is 0 Å². The molecule has 0 N–H and O–H groups in total. The summed E-state index contributed by atoms with van der Waals surface area (Å²) in [6.07, 6.45) is 0. The molecule has 0 aromatic heterocycles. The molecule has 1 heterocycles. The van der Waals surface area contributed by atoms with Gasteiger partial charge in [-0.1, -0.05) is 0 Å². The van der Waals surface area contributed by atoms with Crippen molar-refractivity contribution in [2.75, 3.05) is 11.4 Å². The molecule has 92 valence electrons. The summed E-state index contributed by atoms with van der Waals surface area (Å²) in [4.78, 5) is 2.41. The van der Waals surface area contributed by atoms with Gasteiger partial charge in [-0.15, -0.1) is 0 Å². The first-order valence-electron chi connectivity index (χ1n) is 5.73. The van der Waals surface area contributed by atoms with Crippen LogP contribution in [0.3, 0.4) is 0 Å². The number of hydrogen-bond acceptors (Lipinski definition) is 1. The molecule has 0 unspecified atom stereocenters. The van der Waals surface area contributed by atoms with E-state index >= 15 is 0 Å². The molecular weight excluding hydrogens is 470 g/mol. The first-order chi connectivity index (χ1) is 8.69. The molecule has 1 aliphatic rings. The second kappa shape index (κ2) is 5.17. The molecule has 0 saturated carbocycles. The molecule has 0 saturated heterocycles. The summed E-state index contributed by atoms with van der Waals surface area (Å²) in [7, 11) is 0. The van der Waals surface area contributed by atoms with Crippen LogP contribution in [-0.2, 0) is 0 Å². The van der Waals surface area contributed by atoms with Gasteiger partial charge in [-0.05, 0) is 0 Å². The summed E-state index contributed by atoms with van der Waals surface area (Å²) in [6, 6.07) is 13.3. The topological polar surface area (TPSA) is 3.24 Å². The third-order valence-corrected chi connectivity index (χ3v) is 7.07. The van der Waals surface area contributed by atoms with Crippen LogP contribution in [0, 0.1) is 0 Å². The molecule has 0 radical (unpaired) electrons. The second-order valence-electron chi connectivity index (χ2n) is 4.07. The van der Waals surface area contributed by atoms with Crippen molar-refractivity contribution in [3.05, 3.63) is 45.3 Å². The second-order valence-corrected chi connectivity index (χ2v) is 8.99. The molecule has 0 bridgehead atoms. The van der Waals surface area contributed by atoms with E-state index in [2.05, 4.69) is 80.1 Å². The zero-order valence-electron chi connectivity index (χ0n) is 9.78. The van der Waals surface area contributed by atoms with Crippen LogP contribution in [0.15, 0.2) is 45.3 Å². The Labute approximate surface area is 134 Å². The zero-order chi connectivity index (χ0) is 12.7. The van der Waals surface area contributed by atoms with Crippen LogP contribution in [0.2, 0.25) is 0 Å². The van der Waals surface area contributed by atoms with Gasteiger partial charge in [0.05, 0.1) is 0 Å². The fourth-order valence-corrected chi connectivity index (χ4v) is 7.19. The number of fused-ring (bicyclic) bond motifs is 2. The Balaban J connectivity index is 2.18. The van der Waals surface area contributed by atoms with E-state index in [1.54, 1.807) is 0 Å². The van der Waals surface area contributed by atoms with Crippen LogP contribution in [0.25, 0.3) is 0 Å². The molecule has 0 amide bonds. The summed E-state index contributed by atoms with van der Waals surface area (Å²) < 4.78 is 5.39. The maximum absolute atomic E-state index is 3.58. The van der Waals surface area contributed by atoms with Gasteiger partial charge in [-0.3, -0.25) is 0 Å². The van der Waals surface area contributed by atoms with E-state index < -0.39 is 0 Å². The normalized spacial score (nSPS) is 13.2. The first-order valence-corrected chi connectivity index (χ1v) is 9.65. The third kappa shape index (κ3) is 2.25. The van der Waals surface area contributed by atoms with Crippen LogP contribution >= 0.6 is 31.9 Å². The summed E-state index contributed by atoms with van der Waals surface area (Å²) in [5.74, 6) is 0. The quantitative estimate of drug-likeness (QED) is 0.566. The van der Waals surface area contributed by atoms with Gasteiger partial charge in [0.2, 0.25) is 0 Å². The Hall–Kier alpha value is -0.0104. The van der Waals surface area contributed by atoms with Crippen LogP contribution in [0.4, 0.5) is 11.4 Å². The van der Waals surface area contributed by atoms with Crippen molar-refractivity contribution >= 4 is 71.4 Å². The number of rotatable bonds is 1. The van der Waals surface area contributed by atoms with Gasteiger partial charge >= 0.3 is 135 Å². The van der Waals surface area contributed by atoms with Gasteiger partial charge in [0.15, 0.2) is 0 Å². The predicted molar refractivity (Wildman–Crippen MR) is 86.0 cm³/mol. The fourth-order valence-electron chi connectivity index (χ4n) is 2.17. The molecule has 2 aromatic carbocycles. The number of halogens is 2. The molecule has 1 aliphatic heterocycles. The van der Waals surface area contributed by atoms with Crippen LogP contribution in [-0.4, -0.2) is 27.5 Å². The first kappa shape index (κ1) is 13.0. The monoisotopic (exact) mass is 481 g/mol. The van der Waals surface area contributed by atoms with Gasteiger partial charge in [0, 0.05) is 0 Å².